The maximum absolute atomic E-state index is 13.8. The SMILES string of the molecule is Nc1cc(-c2nc3cc(Cl)ccc3s2)c(F)cc1F. The van der Waals surface area contributed by atoms with Crippen LogP contribution in [0.2, 0.25) is 5.02 Å². The fraction of sp³-hybridized carbons (Fsp3) is 0. The highest BCUT2D eigenvalue weighted by Gasteiger charge is 2.14. The van der Waals surface area contributed by atoms with Crippen LogP contribution in [-0.2, 0) is 0 Å². The lowest BCUT2D eigenvalue weighted by molar-refractivity contribution is 0.588. The van der Waals surface area contributed by atoms with Gasteiger partial charge in [-0.1, -0.05) is 11.6 Å². The van der Waals surface area contributed by atoms with Gasteiger partial charge in [0.25, 0.3) is 0 Å². The molecule has 6 heteroatoms. The molecule has 0 unspecified atom stereocenters. The molecule has 3 aromatic rings. The van der Waals surface area contributed by atoms with Gasteiger partial charge in [-0.05, 0) is 24.3 Å². The monoisotopic (exact) mass is 296 g/mol. The van der Waals surface area contributed by atoms with E-state index in [-0.39, 0.29) is 11.3 Å². The largest absolute Gasteiger partial charge is 0.396 e. The molecule has 2 nitrogen and oxygen atoms in total. The summed E-state index contributed by atoms with van der Waals surface area (Å²) < 4.78 is 27.8. The summed E-state index contributed by atoms with van der Waals surface area (Å²) in [7, 11) is 0. The third-order valence-corrected chi connectivity index (χ3v) is 3.97. The lowest BCUT2D eigenvalue weighted by Crippen LogP contribution is -1.94. The van der Waals surface area contributed by atoms with Gasteiger partial charge in [0.1, 0.15) is 16.6 Å². The molecule has 96 valence electrons. The first-order valence-electron chi connectivity index (χ1n) is 5.35. The minimum atomic E-state index is -0.773. The number of fused-ring (bicyclic) bond motifs is 1. The third kappa shape index (κ3) is 2.15. The zero-order valence-corrected chi connectivity index (χ0v) is 11.0. The highest BCUT2D eigenvalue weighted by molar-refractivity contribution is 7.21. The van der Waals surface area contributed by atoms with Crippen molar-refractivity contribution in [3.8, 4) is 10.6 Å². The Labute approximate surface area is 116 Å². The van der Waals surface area contributed by atoms with Crippen LogP contribution in [0.4, 0.5) is 14.5 Å². The van der Waals surface area contributed by atoms with Crippen molar-refractivity contribution in [3.63, 3.8) is 0 Å². The van der Waals surface area contributed by atoms with Crippen molar-refractivity contribution in [2.45, 2.75) is 0 Å². The van der Waals surface area contributed by atoms with E-state index in [0.717, 1.165) is 10.8 Å². The van der Waals surface area contributed by atoms with Crippen molar-refractivity contribution in [3.05, 3.63) is 47.0 Å². The predicted octanol–water partition coefficient (Wildman–Crippen LogP) is 4.48. The van der Waals surface area contributed by atoms with Crippen LogP contribution in [0.15, 0.2) is 30.3 Å². The number of halogens is 3. The summed E-state index contributed by atoms with van der Waals surface area (Å²) in [6, 6.07) is 7.26. The first kappa shape index (κ1) is 12.3. The number of anilines is 1. The summed E-state index contributed by atoms with van der Waals surface area (Å²) in [5, 5.41) is 1.00. The Morgan fingerprint density at radius 1 is 1.11 bits per heavy atom. The first-order chi connectivity index (χ1) is 9.04. The van der Waals surface area contributed by atoms with E-state index >= 15 is 0 Å². The highest BCUT2D eigenvalue weighted by atomic mass is 35.5. The fourth-order valence-corrected chi connectivity index (χ4v) is 2.88. The van der Waals surface area contributed by atoms with E-state index in [1.807, 2.05) is 6.07 Å². The van der Waals surface area contributed by atoms with Crippen molar-refractivity contribution >= 4 is 38.8 Å². The molecule has 0 saturated heterocycles. The Balaban J connectivity index is 2.21. The molecule has 0 saturated carbocycles. The number of aromatic nitrogens is 1. The van der Waals surface area contributed by atoms with E-state index < -0.39 is 11.6 Å². The van der Waals surface area contributed by atoms with Crippen LogP contribution in [-0.4, -0.2) is 4.98 Å². The molecule has 0 atom stereocenters. The van der Waals surface area contributed by atoms with Gasteiger partial charge in [-0.15, -0.1) is 11.3 Å². The Bertz CT molecular complexity index is 786. The average molecular weight is 297 g/mol. The van der Waals surface area contributed by atoms with E-state index in [1.54, 1.807) is 12.1 Å². The summed E-state index contributed by atoms with van der Waals surface area (Å²) in [5.74, 6) is -1.46. The Kier molecular flexibility index (Phi) is 2.88. The molecule has 0 aliphatic heterocycles. The zero-order chi connectivity index (χ0) is 13.6. The molecule has 0 radical (unpaired) electrons. The molecule has 0 bridgehead atoms. The Morgan fingerprint density at radius 2 is 1.89 bits per heavy atom. The van der Waals surface area contributed by atoms with Gasteiger partial charge in [0, 0.05) is 16.7 Å². The summed E-state index contributed by atoms with van der Waals surface area (Å²) in [6.07, 6.45) is 0. The Morgan fingerprint density at radius 3 is 2.68 bits per heavy atom. The second kappa shape index (κ2) is 4.43. The minimum absolute atomic E-state index is 0.103. The van der Waals surface area contributed by atoms with E-state index in [0.29, 0.717) is 15.5 Å². The summed E-state index contributed by atoms with van der Waals surface area (Å²) in [4.78, 5) is 4.29. The van der Waals surface area contributed by atoms with Crippen molar-refractivity contribution in [2.24, 2.45) is 0 Å². The lowest BCUT2D eigenvalue weighted by atomic mass is 10.2. The second-order valence-electron chi connectivity index (χ2n) is 3.98. The van der Waals surface area contributed by atoms with Crippen molar-refractivity contribution in [1.29, 1.82) is 0 Å². The van der Waals surface area contributed by atoms with Crippen LogP contribution < -0.4 is 5.73 Å². The molecule has 2 N–H and O–H groups in total. The first-order valence-corrected chi connectivity index (χ1v) is 6.55. The molecular weight excluding hydrogens is 290 g/mol. The Hall–Kier alpha value is -1.72. The number of thiazole rings is 1. The predicted molar refractivity (Wildman–Crippen MR) is 74.4 cm³/mol. The maximum Gasteiger partial charge on any atom is 0.149 e. The van der Waals surface area contributed by atoms with Crippen LogP contribution >= 0.6 is 22.9 Å². The van der Waals surface area contributed by atoms with Gasteiger partial charge in [0.05, 0.1) is 15.9 Å². The third-order valence-electron chi connectivity index (χ3n) is 2.67. The molecular formula is C13H7ClF2N2S. The molecule has 0 amide bonds. The van der Waals surface area contributed by atoms with Crippen molar-refractivity contribution in [2.75, 3.05) is 5.73 Å². The smallest absolute Gasteiger partial charge is 0.149 e. The number of nitrogens with zero attached hydrogens (tertiary/aromatic N) is 1. The molecule has 2 aromatic carbocycles. The molecule has 3 rings (SSSR count). The number of hydrogen-bond donors (Lipinski definition) is 1. The number of nitrogen functional groups attached to an aromatic ring is 1. The second-order valence-corrected chi connectivity index (χ2v) is 5.45. The quantitative estimate of drug-likeness (QED) is 0.673. The van der Waals surface area contributed by atoms with Gasteiger partial charge in [0.2, 0.25) is 0 Å². The molecule has 1 heterocycles. The van der Waals surface area contributed by atoms with E-state index in [4.69, 9.17) is 17.3 Å². The number of hydrogen-bond acceptors (Lipinski definition) is 3. The lowest BCUT2D eigenvalue weighted by Gasteiger charge is -2.01. The maximum atomic E-state index is 13.8. The van der Waals surface area contributed by atoms with Crippen molar-refractivity contribution < 1.29 is 8.78 Å². The van der Waals surface area contributed by atoms with E-state index in [1.165, 1.54) is 17.4 Å². The summed E-state index contributed by atoms with van der Waals surface area (Å²) in [6.45, 7) is 0. The normalized spacial score (nSPS) is 11.1. The van der Waals surface area contributed by atoms with Gasteiger partial charge in [-0.25, -0.2) is 13.8 Å². The highest BCUT2D eigenvalue weighted by Crippen LogP contribution is 2.34. The minimum Gasteiger partial charge on any atom is -0.396 e. The summed E-state index contributed by atoms with van der Waals surface area (Å²) in [5.41, 5.74) is 6.22. The van der Waals surface area contributed by atoms with Gasteiger partial charge in [0.15, 0.2) is 0 Å². The molecule has 19 heavy (non-hydrogen) atoms. The van der Waals surface area contributed by atoms with E-state index in [9.17, 15) is 8.78 Å². The molecule has 0 aliphatic rings. The van der Waals surface area contributed by atoms with Gasteiger partial charge in [-0.3, -0.25) is 0 Å². The topological polar surface area (TPSA) is 38.9 Å². The van der Waals surface area contributed by atoms with Gasteiger partial charge >= 0.3 is 0 Å². The van der Waals surface area contributed by atoms with Crippen LogP contribution in [0.5, 0.6) is 0 Å². The van der Waals surface area contributed by atoms with Crippen LogP contribution in [0.3, 0.4) is 0 Å². The molecule has 0 fully saturated rings. The molecule has 1 aromatic heterocycles. The molecule has 0 aliphatic carbocycles. The van der Waals surface area contributed by atoms with Crippen LogP contribution in [0, 0.1) is 11.6 Å². The van der Waals surface area contributed by atoms with E-state index in [2.05, 4.69) is 4.98 Å². The number of benzene rings is 2. The van der Waals surface area contributed by atoms with Gasteiger partial charge in [-0.2, -0.15) is 0 Å². The average Bonchev–Trinajstić information content (AvgIpc) is 2.76. The van der Waals surface area contributed by atoms with Crippen LogP contribution in [0.25, 0.3) is 20.8 Å². The standard InChI is InChI=1S/C13H7ClF2N2S/c14-6-1-2-12-11(3-6)18-13(19-12)7-4-10(17)9(16)5-8(7)15/h1-5H,17H2. The number of rotatable bonds is 1. The fourth-order valence-electron chi connectivity index (χ4n) is 1.75. The van der Waals surface area contributed by atoms with Crippen LogP contribution in [0.1, 0.15) is 0 Å². The number of nitrogens with two attached hydrogens (primary N) is 1. The van der Waals surface area contributed by atoms with Gasteiger partial charge < -0.3 is 5.73 Å². The van der Waals surface area contributed by atoms with Crippen molar-refractivity contribution in [1.82, 2.24) is 4.98 Å². The molecule has 0 spiro atoms. The zero-order valence-electron chi connectivity index (χ0n) is 9.45. The summed E-state index contributed by atoms with van der Waals surface area (Å²) >= 11 is 7.17.